The van der Waals surface area contributed by atoms with Crippen LogP contribution in [-0.2, 0) is 27.9 Å². The maximum Gasteiger partial charge on any atom is 0.472 e. The lowest BCUT2D eigenvalue weighted by Gasteiger charge is -2.20. The van der Waals surface area contributed by atoms with Crippen molar-refractivity contribution >= 4 is 13.8 Å². The molecule has 0 saturated carbocycles. The Balaban J connectivity index is 4.28. The van der Waals surface area contributed by atoms with Crippen molar-refractivity contribution in [3.8, 4) is 0 Å². The second-order valence-electron chi connectivity index (χ2n) is 10.6. The molecule has 0 bridgehead atoms. The van der Waals surface area contributed by atoms with E-state index < -0.39 is 13.9 Å². The minimum atomic E-state index is -4.28. The van der Waals surface area contributed by atoms with Gasteiger partial charge in [0, 0.05) is 19.6 Å². The zero-order valence-corrected chi connectivity index (χ0v) is 28.5. The number of hydrogen-bond donors (Lipinski definition) is 2. The highest BCUT2D eigenvalue weighted by molar-refractivity contribution is 7.47. The van der Waals surface area contributed by atoms with E-state index in [1.54, 1.807) is 0 Å². The number of rotatable bonds is 31. The van der Waals surface area contributed by atoms with Crippen molar-refractivity contribution in [2.75, 3.05) is 33.0 Å². The fourth-order valence-corrected chi connectivity index (χ4v) is 4.74. The van der Waals surface area contributed by atoms with E-state index in [1.165, 1.54) is 19.3 Å². The van der Waals surface area contributed by atoms with Gasteiger partial charge in [-0.15, -0.1) is 0 Å². The third-order valence-electron chi connectivity index (χ3n) is 6.42. The monoisotopic (exact) mass is 639 g/mol. The molecule has 3 N–H and O–H groups in total. The molecule has 0 rings (SSSR count). The molecule has 0 aromatic heterocycles. The number of nitrogens with two attached hydrogens (primary N) is 1. The third-order valence-corrected chi connectivity index (χ3v) is 7.40. The van der Waals surface area contributed by atoms with E-state index in [0.29, 0.717) is 13.0 Å². The van der Waals surface area contributed by atoms with Crippen LogP contribution in [0.1, 0.15) is 117 Å². The molecule has 254 valence electrons. The molecule has 2 unspecified atom stereocenters. The highest BCUT2D eigenvalue weighted by atomic mass is 31.2. The number of carbonyl (C=O) groups is 1. The minimum Gasteiger partial charge on any atom is -0.457 e. The summed E-state index contributed by atoms with van der Waals surface area (Å²) in [5.41, 5.74) is 5.33. The van der Waals surface area contributed by atoms with Crippen molar-refractivity contribution in [2.24, 2.45) is 5.73 Å². The van der Waals surface area contributed by atoms with Crippen LogP contribution in [0.3, 0.4) is 0 Å². The summed E-state index contributed by atoms with van der Waals surface area (Å²) in [5.74, 6) is -0.364. The zero-order valence-electron chi connectivity index (χ0n) is 27.6. The first-order valence-electron chi connectivity index (χ1n) is 16.8. The predicted octanol–water partition coefficient (Wildman–Crippen LogP) is 9.07. The molecule has 0 aliphatic rings. The normalized spacial score (nSPS) is 14.5. The number of carbonyl (C=O) groups excluding carboxylic acids is 1. The quantitative estimate of drug-likeness (QED) is 0.0334. The summed E-state index contributed by atoms with van der Waals surface area (Å²) in [6.45, 7) is 4.56. The first-order valence-corrected chi connectivity index (χ1v) is 18.3. The number of unbranched alkanes of at least 4 members (excludes halogenated alkanes) is 8. The lowest BCUT2D eigenvalue weighted by Crippen LogP contribution is -2.28. The summed E-state index contributed by atoms with van der Waals surface area (Å²) in [6.07, 6.45) is 36.8. The maximum absolute atomic E-state index is 12.4. The van der Waals surface area contributed by atoms with Crippen molar-refractivity contribution in [1.29, 1.82) is 0 Å². The summed E-state index contributed by atoms with van der Waals surface area (Å²) < 4.78 is 33.1. The Morgan fingerprint density at radius 3 is 1.93 bits per heavy atom. The molecule has 0 aliphatic heterocycles. The summed E-state index contributed by atoms with van der Waals surface area (Å²) in [6, 6.07) is 0. The van der Waals surface area contributed by atoms with Crippen molar-refractivity contribution in [2.45, 2.75) is 123 Å². The molecule has 0 aromatic rings. The number of phosphoric acid groups is 1. The van der Waals surface area contributed by atoms with E-state index in [2.05, 4.69) is 74.6 Å². The van der Waals surface area contributed by atoms with Gasteiger partial charge in [0.1, 0.15) is 6.10 Å². The fourth-order valence-electron chi connectivity index (χ4n) is 3.98. The van der Waals surface area contributed by atoms with E-state index in [0.717, 1.165) is 77.0 Å². The van der Waals surface area contributed by atoms with Gasteiger partial charge in [-0.3, -0.25) is 13.8 Å². The first kappa shape index (κ1) is 42.2. The van der Waals surface area contributed by atoms with Crippen molar-refractivity contribution in [3.05, 3.63) is 60.8 Å². The summed E-state index contributed by atoms with van der Waals surface area (Å²) in [5, 5.41) is 0. The third kappa shape index (κ3) is 31.6. The predicted molar refractivity (Wildman–Crippen MR) is 182 cm³/mol. The second kappa shape index (κ2) is 32.6. The average molecular weight is 640 g/mol. The summed E-state index contributed by atoms with van der Waals surface area (Å²) in [4.78, 5) is 22.2. The molecular formula is C35H62NO7P. The minimum absolute atomic E-state index is 0.0720. The Morgan fingerprint density at radius 2 is 1.27 bits per heavy atom. The van der Waals surface area contributed by atoms with Crippen LogP contribution in [-0.4, -0.2) is 49.9 Å². The number of ether oxygens (including phenoxy) is 2. The van der Waals surface area contributed by atoms with E-state index in [-0.39, 0.29) is 32.3 Å². The fraction of sp³-hybridized carbons (Fsp3) is 0.686. The van der Waals surface area contributed by atoms with Crippen molar-refractivity contribution < 1.29 is 32.8 Å². The molecular weight excluding hydrogens is 577 g/mol. The molecule has 8 nitrogen and oxygen atoms in total. The van der Waals surface area contributed by atoms with E-state index in [1.807, 2.05) is 0 Å². The van der Waals surface area contributed by atoms with Gasteiger partial charge in [0.25, 0.3) is 0 Å². The topological polar surface area (TPSA) is 117 Å². The van der Waals surface area contributed by atoms with Gasteiger partial charge in [-0.2, -0.15) is 0 Å². The largest absolute Gasteiger partial charge is 0.472 e. The molecule has 0 heterocycles. The molecule has 9 heteroatoms. The van der Waals surface area contributed by atoms with Crippen LogP contribution in [0.15, 0.2) is 60.8 Å². The van der Waals surface area contributed by atoms with Crippen LogP contribution < -0.4 is 5.73 Å². The molecule has 0 radical (unpaired) electrons. The molecule has 0 aliphatic carbocycles. The lowest BCUT2D eigenvalue weighted by molar-refractivity contribution is -0.154. The number of phosphoric ester groups is 1. The summed E-state index contributed by atoms with van der Waals surface area (Å²) >= 11 is 0. The number of esters is 1. The Bertz CT molecular complexity index is 854. The molecule has 44 heavy (non-hydrogen) atoms. The highest BCUT2D eigenvalue weighted by Gasteiger charge is 2.25. The van der Waals surface area contributed by atoms with Gasteiger partial charge < -0.3 is 20.1 Å². The lowest BCUT2D eigenvalue weighted by atomic mass is 10.1. The van der Waals surface area contributed by atoms with Crippen molar-refractivity contribution in [3.63, 3.8) is 0 Å². The Hall–Kier alpha value is -1.80. The molecule has 0 spiro atoms. The Labute approximate surface area is 268 Å². The van der Waals surface area contributed by atoms with Gasteiger partial charge in [0.05, 0.1) is 19.8 Å². The van der Waals surface area contributed by atoms with Crippen LogP contribution >= 0.6 is 7.82 Å². The first-order chi connectivity index (χ1) is 21.4. The number of hydrogen-bond acceptors (Lipinski definition) is 7. The Morgan fingerprint density at radius 1 is 0.705 bits per heavy atom. The Kier molecular flexibility index (Phi) is 31.3. The van der Waals surface area contributed by atoms with Crippen LogP contribution in [0.5, 0.6) is 0 Å². The van der Waals surface area contributed by atoms with Crippen LogP contribution in [0.2, 0.25) is 0 Å². The van der Waals surface area contributed by atoms with Gasteiger partial charge in [-0.1, -0.05) is 107 Å². The van der Waals surface area contributed by atoms with Crippen LogP contribution in [0, 0.1) is 0 Å². The molecule has 0 saturated heterocycles. The van der Waals surface area contributed by atoms with Crippen LogP contribution in [0.25, 0.3) is 0 Å². The summed E-state index contributed by atoms with van der Waals surface area (Å²) in [7, 11) is -4.28. The molecule has 0 aromatic carbocycles. The van der Waals surface area contributed by atoms with Gasteiger partial charge >= 0.3 is 13.8 Å². The van der Waals surface area contributed by atoms with E-state index in [9.17, 15) is 14.3 Å². The van der Waals surface area contributed by atoms with Crippen molar-refractivity contribution in [1.82, 2.24) is 0 Å². The van der Waals surface area contributed by atoms with Gasteiger partial charge in [-0.25, -0.2) is 4.57 Å². The van der Waals surface area contributed by atoms with E-state index in [4.69, 9.17) is 24.3 Å². The number of allylic oxidation sites excluding steroid dienone is 10. The smallest absolute Gasteiger partial charge is 0.457 e. The average Bonchev–Trinajstić information content (AvgIpc) is 3.01. The standard InChI is InChI=1S/C35H62NO7P/c1-3-5-7-9-11-13-15-16-17-19-21-23-25-27-30-40-32-34(33-42-44(38,39)41-31-29-36)43-35(37)28-26-24-22-20-18-14-12-10-8-6-4-2/h5,7,10-13,16-17,21,23,34H,3-4,6,8-9,14-15,18-20,22,24-33,36H2,1-2H3,(H,38,39)/b7-5-,12-10-,13-11-,17-16-,23-21-. The van der Waals surface area contributed by atoms with Gasteiger partial charge in [0.15, 0.2) is 0 Å². The highest BCUT2D eigenvalue weighted by Crippen LogP contribution is 2.43. The molecule has 0 fully saturated rings. The zero-order chi connectivity index (χ0) is 32.4. The van der Waals surface area contributed by atoms with Crippen LogP contribution in [0.4, 0.5) is 0 Å². The maximum atomic E-state index is 12.4. The van der Waals surface area contributed by atoms with E-state index >= 15 is 0 Å². The SMILES string of the molecule is CC/C=C\C/C=C\C/C=C\C/C=C\CCCOCC(COP(=O)(O)OCCN)OC(=O)CCCCCCC/C=C\CCCC. The molecule has 2 atom stereocenters. The molecule has 0 amide bonds. The van der Waals surface area contributed by atoms with Gasteiger partial charge in [0.2, 0.25) is 0 Å². The second-order valence-corrected chi connectivity index (χ2v) is 12.1. The van der Waals surface area contributed by atoms with Gasteiger partial charge in [-0.05, 0) is 64.2 Å².